The van der Waals surface area contributed by atoms with Crippen molar-refractivity contribution < 1.29 is 40.0 Å². The summed E-state index contributed by atoms with van der Waals surface area (Å²) in [5, 5.41) is 17.7. The number of aliphatic hydroxyl groups excluding tert-OH is 1. The quantitative estimate of drug-likeness (QED) is 0.159. The van der Waals surface area contributed by atoms with E-state index >= 15 is 4.79 Å². The highest BCUT2D eigenvalue weighted by molar-refractivity contribution is 6.04. The molecular weight excluding hydrogens is 726 g/mol. The number of benzene rings is 2. The maximum atomic E-state index is 15.5. The summed E-state index contributed by atoms with van der Waals surface area (Å²) >= 11 is 0. The van der Waals surface area contributed by atoms with E-state index in [1.54, 1.807) is 0 Å². The van der Waals surface area contributed by atoms with Crippen molar-refractivity contribution in [2.45, 2.75) is 129 Å². The number of rotatable bonds is 17. The molecule has 5 atom stereocenters. The molecule has 1 unspecified atom stereocenters. The molecule has 0 bridgehead atoms. The van der Waals surface area contributed by atoms with Gasteiger partial charge in [0.25, 0.3) is 0 Å². The van der Waals surface area contributed by atoms with E-state index in [9.17, 15) is 19.5 Å². The summed E-state index contributed by atoms with van der Waals surface area (Å²) in [5.41, 5.74) is 13.2. The third kappa shape index (κ3) is 12.7. The number of nitrogens with zero attached hydrogens (tertiary/aromatic N) is 1. The van der Waals surface area contributed by atoms with Gasteiger partial charge in [-0.05, 0) is 54.2 Å². The van der Waals surface area contributed by atoms with Crippen LogP contribution in [0.5, 0.6) is 5.75 Å². The lowest BCUT2D eigenvalue weighted by molar-refractivity contribution is -0.162. The van der Waals surface area contributed by atoms with Crippen LogP contribution in [-0.4, -0.2) is 81.5 Å². The molecule has 0 spiro atoms. The number of nitrogens with one attached hydrogen (secondary N) is 2. The van der Waals surface area contributed by atoms with Crippen LogP contribution < -0.4 is 26.8 Å². The van der Waals surface area contributed by atoms with E-state index in [1.807, 2.05) is 76.2 Å². The van der Waals surface area contributed by atoms with Crippen LogP contribution in [0.1, 0.15) is 109 Å². The summed E-state index contributed by atoms with van der Waals surface area (Å²) in [6.45, 7) is 9.89. The number of fused-ring (bicyclic) bond motifs is 1. The second-order valence-corrected chi connectivity index (χ2v) is 15.7. The van der Waals surface area contributed by atoms with Crippen molar-refractivity contribution in [3.63, 3.8) is 0 Å². The number of amides is 4. The topological polar surface area (TPSA) is 240 Å². The van der Waals surface area contributed by atoms with Gasteiger partial charge in [-0.2, -0.15) is 0 Å². The Bertz CT molecular complexity index is 1520. The molecule has 2 aromatic carbocycles. The predicted octanol–water partition coefficient (Wildman–Crippen LogP) is 3.10. The lowest BCUT2D eigenvalue weighted by Crippen LogP contribution is -2.69. The molecule has 1 fully saturated rings. The molecular formula is C41H66ClN5O8. The van der Waals surface area contributed by atoms with Crippen molar-refractivity contribution in [2.75, 3.05) is 13.2 Å². The number of hydrogen-bond acceptors (Lipinski definition) is 8. The van der Waals surface area contributed by atoms with Gasteiger partial charge in [0.1, 0.15) is 11.3 Å². The van der Waals surface area contributed by atoms with Crippen LogP contribution in [0, 0.1) is 17.8 Å². The number of aliphatic hydroxyl groups is 1. The zero-order valence-corrected chi connectivity index (χ0v) is 34.0. The van der Waals surface area contributed by atoms with E-state index in [0.29, 0.717) is 24.3 Å². The van der Waals surface area contributed by atoms with E-state index in [4.69, 9.17) is 16.2 Å². The third-order valence-corrected chi connectivity index (χ3v) is 10.5. The normalized spacial score (nSPS) is 17.8. The number of nitrogens with two attached hydrogens (primary N) is 2. The first-order valence-corrected chi connectivity index (χ1v) is 19.1. The summed E-state index contributed by atoms with van der Waals surface area (Å²) in [6, 6.07) is 12.9. The molecule has 4 amide bonds. The smallest absolute Gasteiger partial charge is 0.247 e. The fraction of sp³-hybridized carbons (Fsp3) is 0.610. The standard InChI is InChI=1S/C41H61N5O6.ClH.2H2O/c1-26(2)22-41(33-25-52-37-17-16-31(23-42)18-32(33)37,46(28(5)47)39(50)34(43)19-29-12-8-6-9-13-29)40(51)45-35(20-30-14-10-7-11-15-30)36(48)21-38(49)44-24-27(3)4;;;/h6,8-9,12-13,16-18,26-27,30,33-36,48H,7,10-11,14-15,19-25,42-43H2,1-5H3,(H,44,49)(H,45,51);1H;2*1H2/t33?,34-,35-,36-,41-;;;/m0.../s1. The average molecular weight is 792 g/mol. The van der Waals surface area contributed by atoms with Crippen LogP contribution in [-0.2, 0) is 32.1 Å². The van der Waals surface area contributed by atoms with Gasteiger partial charge < -0.3 is 42.9 Å². The summed E-state index contributed by atoms with van der Waals surface area (Å²) in [6.07, 6.45) is 4.46. The van der Waals surface area contributed by atoms with Crippen molar-refractivity contribution in [1.82, 2.24) is 15.5 Å². The van der Waals surface area contributed by atoms with Crippen LogP contribution in [0.15, 0.2) is 48.5 Å². The minimum absolute atomic E-state index is 0. The molecule has 14 heteroatoms. The fourth-order valence-electron chi connectivity index (χ4n) is 8.01. The molecule has 2 aromatic rings. The first-order valence-electron chi connectivity index (χ1n) is 19.1. The molecule has 1 heterocycles. The lowest BCUT2D eigenvalue weighted by atomic mass is 9.72. The summed E-state index contributed by atoms with van der Waals surface area (Å²) in [7, 11) is 0. The zero-order chi connectivity index (χ0) is 38.0. The Morgan fingerprint density at radius 3 is 2.20 bits per heavy atom. The molecule has 13 nitrogen and oxygen atoms in total. The van der Waals surface area contributed by atoms with Crippen molar-refractivity contribution in [1.29, 1.82) is 0 Å². The highest BCUT2D eigenvalue weighted by Gasteiger charge is 2.58. The van der Waals surface area contributed by atoms with Crippen LogP contribution in [0.25, 0.3) is 0 Å². The van der Waals surface area contributed by atoms with Gasteiger partial charge in [0.15, 0.2) is 0 Å². The Morgan fingerprint density at radius 2 is 1.62 bits per heavy atom. The van der Waals surface area contributed by atoms with Gasteiger partial charge in [0.2, 0.25) is 23.6 Å². The predicted molar refractivity (Wildman–Crippen MR) is 216 cm³/mol. The Kier molecular flexibility index (Phi) is 20.5. The number of ether oxygens (including phenoxy) is 1. The largest absolute Gasteiger partial charge is 0.493 e. The van der Waals surface area contributed by atoms with Crippen LogP contribution in [0.4, 0.5) is 0 Å². The Balaban J connectivity index is 0.00000504. The van der Waals surface area contributed by atoms with Gasteiger partial charge in [0, 0.05) is 25.6 Å². The minimum atomic E-state index is -1.80. The summed E-state index contributed by atoms with van der Waals surface area (Å²) < 4.78 is 6.18. The Hall–Kier alpha value is -3.59. The minimum Gasteiger partial charge on any atom is -0.493 e. The van der Waals surface area contributed by atoms with E-state index < -0.39 is 47.4 Å². The first kappa shape index (κ1) is 49.4. The average Bonchev–Trinajstić information content (AvgIpc) is 3.54. The van der Waals surface area contributed by atoms with E-state index in [1.165, 1.54) is 6.92 Å². The number of carbonyl (C=O) groups excluding carboxylic acids is 4. The second-order valence-electron chi connectivity index (χ2n) is 15.7. The first-order chi connectivity index (χ1) is 24.8. The lowest BCUT2D eigenvalue weighted by Gasteiger charge is -2.47. The molecule has 310 valence electrons. The van der Waals surface area contributed by atoms with Crippen molar-refractivity contribution in [3.8, 4) is 5.75 Å². The molecule has 55 heavy (non-hydrogen) atoms. The third-order valence-electron chi connectivity index (χ3n) is 10.5. The van der Waals surface area contributed by atoms with Gasteiger partial charge in [-0.3, -0.25) is 24.1 Å². The number of hydrogen-bond donors (Lipinski definition) is 5. The van der Waals surface area contributed by atoms with Crippen molar-refractivity contribution >= 4 is 36.0 Å². The summed E-state index contributed by atoms with van der Waals surface area (Å²) in [4.78, 5) is 58.1. The van der Waals surface area contributed by atoms with Crippen LogP contribution in [0.2, 0.25) is 0 Å². The molecule has 4 rings (SSSR count). The van der Waals surface area contributed by atoms with E-state index in [-0.39, 0.29) is 79.4 Å². The van der Waals surface area contributed by atoms with Gasteiger partial charge >= 0.3 is 0 Å². The fourth-order valence-corrected chi connectivity index (χ4v) is 8.01. The Morgan fingerprint density at radius 1 is 0.964 bits per heavy atom. The number of halogens is 1. The van der Waals surface area contributed by atoms with Crippen LogP contribution >= 0.6 is 12.4 Å². The number of carbonyl (C=O) groups is 4. The SMILES string of the molecule is CC(=O)N(C(=O)[C@@H](N)Cc1ccccc1)[C@](CC(C)C)(C(=O)N[C@@H](CC1CCCCC1)[C@@H](O)CC(=O)NCC(C)C)C1COc2ccc(CN)cc21.Cl.O.O. The highest BCUT2D eigenvalue weighted by Crippen LogP contribution is 2.47. The summed E-state index contributed by atoms with van der Waals surface area (Å²) in [5.74, 6) is -2.11. The monoisotopic (exact) mass is 791 g/mol. The van der Waals surface area contributed by atoms with E-state index in [2.05, 4.69) is 10.6 Å². The molecule has 1 saturated carbocycles. The molecule has 0 saturated heterocycles. The maximum absolute atomic E-state index is 15.5. The van der Waals surface area contributed by atoms with Crippen molar-refractivity contribution in [2.24, 2.45) is 29.2 Å². The van der Waals surface area contributed by atoms with Gasteiger partial charge in [-0.25, -0.2) is 0 Å². The zero-order valence-electron chi connectivity index (χ0n) is 33.1. The molecule has 1 aliphatic carbocycles. The van der Waals surface area contributed by atoms with Crippen molar-refractivity contribution in [3.05, 3.63) is 65.2 Å². The maximum Gasteiger partial charge on any atom is 0.247 e. The second kappa shape index (κ2) is 22.8. The molecule has 2 aliphatic rings. The van der Waals surface area contributed by atoms with Crippen LogP contribution in [0.3, 0.4) is 0 Å². The molecule has 11 N–H and O–H groups in total. The van der Waals surface area contributed by atoms with E-state index in [0.717, 1.165) is 48.1 Å². The molecule has 0 aromatic heterocycles. The number of imide groups is 1. The van der Waals surface area contributed by atoms with Gasteiger partial charge in [-0.15, -0.1) is 12.4 Å². The van der Waals surface area contributed by atoms with Gasteiger partial charge in [-0.1, -0.05) is 102 Å². The molecule has 0 radical (unpaired) electrons. The molecule has 1 aliphatic heterocycles. The van der Waals surface area contributed by atoms with Gasteiger partial charge in [0.05, 0.1) is 37.1 Å². The highest BCUT2D eigenvalue weighted by atomic mass is 35.5. The Labute approximate surface area is 332 Å².